The minimum atomic E-state index is -0.292. The van der Waals surface area contributed by atoms with Gasteiger partial charge in [-0.3, -0.25) is 0 Å². The van der Waals surface area contributed by atoms with Crippen LogP contribution in [0, 0.1) is 0 Å². The molecule has 2 aromatic carbocycles. The molecule has 2 aromatic rings. The summed E-state index contributed by atoms with van der Waals surface area (Å²) in [6.07, 6.45) is -0.584. The number of benzene rings is 2. The van der Waals surface area contributed by atoms with Crippen LogP contribution in [0.5, 0.6) is 0 Å². The van der Waals surface area contributed by atoms with Crippen molar-refractivity contribution in [1.82, 2.24) is 0 Å². The fourth-order valence-corrected chi connectivity index (χ4v) is 9.27. The Bertz CT molecular complexity index is 600. The van der Waals surface area contributed by atoms with Gasteiger partial charge < -0.3 is 0 Å². The summed E-state index contributed by atoms with van der Waals surface area (Å²) in [5, 5.41) is 2.18. The van der Waals surface area contributed by atoms with Crippen molar-refractivity contribution < 1.29 is 18.9 Å². The van der Waals surface area contributed by atoms with E-state index in [0.717, 1.165) is 21.8 Å². The molecule has 0 unspecified atom stereocenters. The minimum absolute atomic E-state index is 0.292. The zero-order chi connectivity index (χ0) is 18.8. The van der Waals surface area contributed by atoms with E-state index in [4.69, 9.17) is 18.9 Å². The summed E-state index contributed by atoms with van der Waals surface area (Å²) >= 11 is 1.11. The monoisotopic (exact) mass is 490 g/mol. The molecule has 0 N–H and O–H groups in total. The van der Waals surface area contributed by atoms with Crippen molar-refractivity contribution >= 4 is 26.3 Å². The Morgan fingerprint density at radius 3 is 1.31 bits per heavy atom. The van der Waals surface area contributed by atoms with Crippen LogP contribution in [0.4, 0.5) is 0 Å². The third kappa shape index (κ3) is 5.91. The molecule has 0 saturated carbocycles. The summed E-state index contributed by atoms with van der Waals surface area (Å²) in [6.45, 7) is 0. The van der Waals surface area contributed by atoms with E-state index >= 15 is 0 Å². The predicted molar refractivity (Wildman–Crippen MR) is 105 cm³/mol. The topological polar surface area (TPSA) is 36.9 Å². The zero-order valence-corrected chi connectivity index (χ0v) is 19.1. The quantitative estimate of drug-likeness (QED) is 0.277. The van der Waals surface area contributed by atoms with Crippen LogP contribution in [-0.2, 0) is 29.6 Å². The molecule has 0 saturated heterocycles. The molecule has 142 valence electrons. The summed E-state index contributed by atoms with van der Waals surface area (Å²) in [6, 6.07) is 16.8. The number of hydrogen-bond donors (Lipinski definition) is 0. The molecule has 0 radical (unpaired) electrons. The first-order chi connectivity index (χ1) is 12.7. The maximum atomic E-state index is 5.43. The third-order valence-corrected chi connectivity index (χ3v) is 10.5. The molecule has 26 heavy (non-hydrogen) atoms. The Morgan fingerprint density at radius 1 is 0.615 bits per heavy atom. The second-order valence-electron chi connectivity index (χ2n) is 5.53. The summed E-state index contributed by atoms with van der Waals surface area (Å²) in [5.41, 5.74) is 4.91. The second kappa shape index (κ2) is 11.9. The van der Waals surface area contributed by atoms with Crippen LogP contribution >= 0.6 is 0 Å². The predicted octanol–water partition coefficient (Wildman–Crippen LogP) is 3.29. The summed E-state index contributed by atoms with van der Waals surface area (Å²) in [5.74, 6) is 0. The van der Waals surface area contributed by atoms with Crippen molar-refractivity contribution in [2.45, 2.75) is 23.2 Å². The van der Waals surface area contributed by atoms with Gasteiger partial charge in [0, 0.05) is 0 Å². The molecule has 0 aromatic heterocycles. The third-order valence-electron chi connectivity index (χ3n) is 3.99. The molecule has 0 spiro atoms. The molecule has 0 aliphatic rings. The zero-order valence-electron chi connectivity index (χ0n) is 15.6. The molecule has 2 rings (SSSR count). The molecule has 6 heteroatoms. The Labute approximate surface area is 167 Å². The van der Waals surface area contributed by atoms with Crippen LogP contribution in [0.1, 0.15) is 34.8 Å². The van der Waals surface area contributed by atoms with Crippen molar-refractivity contribution in [1.29, 1.82) is 0 Å². The normalized spacial score (nSPS) is 11.5. The molecular weight excluding hydrogens is 462 g/mol. The van der Waals surface area contributed by atoms with Gasteiger partial charge in [0.05, 0.1) is 0 Å². The Morgan fingerprint density at radius 2 is 0.962 bits per heavy atom. The average Bonchev–Trinajstić information content (AvgIpc) is 2.69. The van der Waals surface area contributed by atoms with Crippen LogP contribution in [0.3, 0.4) is 0 Å². The second-order valence-corrected chi connectivity index (χ2v) is 12.9. The van der Waals surface area contributed by atoms with Crippen molar-refractivity contribution in [3.8, 4) is 0 Å². The van der Waals surface area contributed by atoms with E-state index in [1.165, 1.54) is 11.1 Å². The van der Waals surface area contributed by atoms with Gasteiger partial charge in [0.15, 0.2) is 0 Å². The molecular formula is C20H26O4Se2. The van der Waals surface area contributed by atoms with Crippen molar-refractivity contribution in [2.75, 3.05) is 28.4 Å². The van der Waals surface area contributed by atoms with Crippen molar-refractivity contribution in [3.63, 3.8) is 0 Å². The number of methoxy groups -OCH3 is 4. The van der Waals surface area contributed by atoms with Gasteiger partial charge in [-0.25, -0.2) is 0 Å². The van der Waals surface area contributed by atoms with E-state index in [2.05, 4.69) is 36.4 Å². The molecule has 0 heterocycles. The molecule has 4 nitrogen and oxygen atoms in total. The van der Waals surface area contributed by atoms with E-state index in [0.29, 0.717) is 26.3 Å². The maximum absolute atomic E-state index is 5.43. The fourth-order valence-electron chi connectivity index (χ4n) is 2.70. The van der Waals surface area contributed by atoms with Crippen LogP contribution in [-0.4, -0.2) is 54.7 Å². The average molecular weight is 488 g/mol. The van der Waals surface area contributed by atoms with E-state index in [-0.39, 0.29) is 12.6 Å². The molecule has 0 atom stereocenters. The van der Waals surface area contributed by atoms with Crippen molar-refractivity contribution in [3.05, 3.63) is 70.8 Å². The van der Waals surface area contributed by atoms with E-state index in [1.54, 1.807) is 28.4 Å². The van der Waals surface area contributed by atoms with Gasteiger partial charge in [-0.1, -0.05) is 0 Å². The van der Waals surface area contributed by atoms with Crippen LogP contribution < -0.4 is 0 Å². The fraction of sp³-hybridized carbons (Fsp3) is 0.400. The molecule has 0 aliphatic carbocycles. The first-order valence-electron chi connectivity index (χ1n) is 8.26. The number of ether oxygens (including phenoxy) is 4. The van der Waals surface area contributed by atoms with Crippen LogP contribution in [0.2, 0.25) is 0 Å². The first-order valence-corrected chi connectivity index (χ1v) is 15.0. The van der Waals surface area contributed by atoms with E-state index in [1.807, 2.05) is 12.1 Å². The van der Waals surface area contributed by atoms with Gasteiger partial charge in [-0.15, -0.1) is 0 Å². The van der Waals surface area contributed by atoms with Crippen molar-refractivity contribution in [2.24, 2.45) is 0 Å². The van der Waals surface area contributed by atoms with Gasteiger partial charge in [0.1, 0.15) is 0 Å². The summed E-state index contributed by atoms with van der Waals surface area (Å²) in [7, 11) is 6.72. The Kier molecular flexibility index (Phi) is 9.90. The molecule has 0 amide bonds. The van der Waals surface area contributed by atoms with Gasteiger partial charge in [-0.2, -0.15) is 0 Å². The van der Waals surface area contributed by atoms with Gasteiger partial charge in [-0.05, 0) is 0 Å². The SMILES string of the molecule is COC(OC)c1ccccc1C[Se][Se]Cc1ccccc1C(OC)OC. The molecule has 0 fully saturated rings. The Hall–Kier alpha value is -0.681. The van der Waals surface area contributed by atoms with E-state index in [9.17, 15) is 0 Å². The Balaban J connectivity index is 1.96. The first kappa shape index (κ1) is 21.6. The number of rotatable bonds is 11. The van der Waals surface area contributed by atoms with Gasteiger partial charge >= 0.3 is 168 Å². The van der Waals surface area contributed by atoms with Gasteiger partial charge in [0.25, 0.3) is 0 Å². The summed E-state index contributed by atoms with van der Waals surface area (Å²) in [4.78, 5) is 0. The van der Waals surface area contributed by atoms with Gasteiger partial charge in [0.2, 0.25) is 0 Å². The number of hydrogen-bond acceptors (Lipinski definition) is 4. The molecule has 0 bridgehead atoms. The molecule has 0 aliphatic heterocycles. The van der Waals surface area contributed by atoms with Crippen LogP contribution in [0.15, 0.2) is 48.5 Å². The van der Waals surface area contributed by atoms with E-state index < -0.39 is 0 Å². The van der Waals surface area contributed by atoms with Crippen LogP contribution in [0.25, 0.3) is 0 Å². The summed E-state index contributed by atoms with van der Waals surface area (Å²) < 4.78 is 21.7. The standard InChI is InChI=1S/C20H26O4Se2/c1-21-19(22-2)17-11-7-5-9-15(17)13-25-26-14-16-10-6-8-12-18(16)20(23-3)24-4/h5-12,19-20H,13-14H2,1-4H3.